The molecule has 3 nitrogen and oxygen atoms in total. The first-order valence-corrected chi connectivity index (χ1v) is 10.2. The molecule has 0 saturated carbocycles. The molecule has 2 aromatic carbocycles. The molecule has 2 aromatic rings. The van der Waals surface area contributed by atoms with E-state index in [1.54, 1.807) is 6.07 Å². The first-order valence-electron chi connectivity index (χ1n) is 10.2. The average molecular weight is 369 g/mol. The molecule has 0 N–H and O–H groups in total. The van der Waals surface area contributed by atoms with Crippen molar-refractivity contribution in [2.24, 2.45) is 0 Å². The Hall–Kier alpha value is -2.29. The number of carbonyl (C=O) groups excluding carboxylic acids is 1. The number of ether oxygens (including phenoxy) is 2. The molecule has 0 unspecified atom stereocenters. The van der Waals surface area contributed by atoms with Crippen LogP contribution in [0, 0.1) is 6.92 Å². The highest BCUT2D eigenvalue weighted by Gasteiger charge is 2.12. The molecule has 0 saturated heterocycles. The number of carbonyl (C=O) groups is 1. The fourth-order valence-corrected chi connectivity index (χ4v) is 3.13. The van der Waals surface area contributed by atoms with Crippen molar-refractivity contribution in [2.45, 2.75) is 71.6 Å². The third-order valence-corrected chi connectivity index (χ3v) is 4.75. The second-order valence-electron chi connectivity index (χ2n) is 7.05. The number of hydrogen-bond acceptors (Lipinski definition) is 3. The molecule has 0 aliphatic rings. The third-order valence-electron chi connectivity index (χ3n) is 4.75. The van der Waals surface area contributed by atoms with Gasteiger partial charge in [-0.05, 0) is 43.0 Å². The predicted molar refractivity (Wildman–Crippen MR) is 111 cm³/mol. The number of para-hydroxylation sites is 2. The predicted octanol–water partition coefficient (Wildman–Crippen LogP) is 7.26. The number of aryl methyl sites for hydroxylation is 2. The van der Waals surface area contributed by atoms with Gasteiger partial charge in [-0.3, -0.25) is 0 Å². The van der Waals surface area contributed by atoms with Gasteiger partial charge in [0.2, 0.25) is 0 Å². The van der Waals surface area contributed by atoms with Crippen molar-refractivity contribution in [1.82, 2.24) is 0 Å². The molecule has 0 heterocycles. The van der Waals surface area contributed by atoms with Gasteiger partial charge in [0.15, 0.2) is 0 Å². The van der Waals surface area contributed by atoms with E-state index in [4.69, 9.17) is 9.47 Å². The summed E-state index contributed by atoms with van der Waals surface area (Å²) in [7, 11) is 0. The molecule has 146 valence electrons. The standard InChI is InChI=1S/C24H32O3/c1-3-4-5-6-7-8-9-10-16-21-17-12-14-19-23(21)27-24(25)26-22-18-13-11-15-20(22)2/h11-15,17-19H,3-10,16H2,1-2H3. The van der Waals surface area contributed by atoms with E-state index in [0.717, 1.165) is 24.0 Å². The smallest absolute Gasteiger partial charge is 0.394 e. The minimum absolute atomic E-state index is 0.531. The lowest BCUT2D eigenvalue weighted by atomic mass is 10.0. The average Bonchev–Trinajstić information content (AvgIpc) is 2.67. The van der Waals surface area contributed by atoms with E-state index in [1.165, 1.54) is 44.9 Å². The lowest BCUT2D eigenvalue weighted by molar-refractivity contribution is 0.151. The minimum atomic E-state index is -0.687. The molecule has 0 spiro atoms. The van der Waals surface area contributed by atoms with Gasteiger partial charge in [-0.2, -0.15) is 0 Å². The summed E-state index contributed by atoms with van der Waals surface area (Å²) >= 11 is 0. The summed E-state index contributed by atoms with van der Waals surface area (Å²) in [5.74, 6) is 1.13. The van der Waals surface area contributed by atoms with Gasteiger partial charge in [0.25, 0.3) is 0 Å². The Balaban J connectivity index is 1.77. The van der Waals surface area contributed by atoms with Crippen LogP contribution in [-0.4, -0.2) is 6.16 Å². The maximum absolute atomic E-state index is 12.1. The van der Waals surface area contributed by atoms with E-state index in [0.29, 0.717) is 11.5 Å². The Morgan fingerprint density at radius 3 is 2.00 bits per heavy atom. The van der Waals surface area contributed by atoms with Gasteiger partial charge in [0.05, 0.1) is 0 Å². The highest BCUT2D eigenvalue weighted by molar-refractivity contribution is 5.68. The highest BCUT2D eigenvalue weighted by Crippen LogP contribution is 2.23. The normalized spacial score (nSPS) is 10.6. The molecule has 0 atom stereocenters. The van der Waals surface area contributed by atoms with Gasteiger partial charge in [-0.25, -0.2) is 4.79 Å². The third kappa shape index (κ3) is 7.86. The summed E-state index contributed by atoms with van der Waals surface area (Å²) in [6.45, 7) is 4.15. The monoisotopic (exact) mass is 368 g/mol. The van der Waals surface area contributed by atoms with Crippen LogP contribution in [0.15, 0.2) is 48.5 Å². The summed E-state index contributed by atoms with van der Waals surface area (Å²) in [5.41, 5.74) is 1.96. The van der Waals surface area contributed by atoms with Gasteiger partial charge < -0.3 is 9.47 Å². The van der Waals surface area contributed by atoms with Crippen LogP contribution in [0.2, 0.25) is 0 Å². The van der Waals surface area contributed by atoms with Crippen LogP contribution >= 0.6 is 0 Å². The van der Waals surface area contributed by atoms with Crippen molar-refractivity contribution < 1.29 is 14.3 Å². The summed E-state index contributed by atoms with van der Waals surface area (Å²) in [6.07, 6.45) is 10.5. The Morgan fingerprint density at radius 2 is 1.30 bits per heavy atom. The first kappa shape index (κ1) is 21.0. The van der Waals surface area contributed by atoms with E-state index in [-0.39, 0.29) is 0 Å². The van der Waals surface area contributed by atoms with Gasteiger partial charge >= 0.3 is 6.16 Å². The van der Waals surface area contributed by atoms with Crippen molar-refractivity contribution in [3.8, 4) is 11.5 Å². The van der Waals surface area contributed by atoms with E-state index < -0.39 is 6.16 Å². The molecule has 0 fully saturated rings. The van der Waals surface area contributed by atoms with E-state index in [2.05, 4.69) is 6.92 Å². The lowest BCUT2D eigenvalue weighted by Crippen LogP contribution is -2.15. The van der Waals surface area contributed by atoms with Crippen LogP contribution in [-0.2, 0) is 6.42 Å². The molecule has 0 aliphatic carbocycles. The second kappa shape index (κ2) is 12.2. The van der Waals surface area contributed by atoms with Gasteiger partial charge in [-0.15, -0.1) is 0 Å². The fourth-order valence-electron chi connectivity index (χ4n) is 3.13. The van der Waals surface area contributed by atoms with Crippen molar-refractivity contribution >= 4 is 6.16 Å². The van der Waals surface area contributed by atoms with Crippen LogP contribution in [0.1, 0.15) is 69.4 Å². The van der Waals surface area contributed by atoms with E-state index >= 15 is 0 Å². The number of benzene rings is 2. The van der Waals surface area contributed by atoms with Crippen LogP contribution < -0.4 is 9.47 Å². The molecule has 2 rings (SSSR count). The zero-order valence-electron chi connectivity index (χ0n) is 16.7. The summed E-state index contributed by atoms with van der Waals surface area (Å²) in [6, 6.07) is 15.1. The van der Waals surface area contributed by atoms with Crippen molar-refractivity contribution in [1.29, 1.82) is 0 Å². The molecule has 0 radical (unpaired) electrons. The molecule has 0 aliphatic heterocycles. The van der Waals surface area contributed by atoms with Crippen molar-refractivity contribution in [3.05, 3.63) is 59.7 Å². The highest BCUT2D eigenvalue weighted by atomic mass is 16.7. The summed E-state index contributed by atoms with van der Waals surface area (Å²) in [4.78, 5) is 12.1. The molecular weight excluding hydrogens is 336 g/mol. The van der Waals surface area contributed by atoms with E-state index in [9.17, 15) is 4.79 Å². The molecule has 3 heteroatoms. The SMILES string of the molecule is CCCCCCCCCCc1ccccc1OC(=O)Oc1ccccc1C. The Morgan fingerprint density at radius 1 is 0.741 bits per heavy atom. The zero-order valence-corrected chi connectivity index (χ0v) is 16.7. The topological polar surface area (TPSA) is 35.5 Å². The van der Waals surface area contributed by atoms with Crippen LogP contribution in [0.5, 0.6) is 11.5 Å². The zero-order chi connectivity index (χ0) is 19.3. The minimum Gasteiger partial charge on any atom is -0.394 e. The lowest BCUT2D eigenvalue weighted by Gasteiger charge is -2.11. The molecular formula is C24H32O3. The van der Waals surface area contributed by atoms with Crippen LogP contribution in [0.25, 0.3) is 0 Å². The van der Waals surface area contributed by atoms with Crippen LogP contribution in [0.3, 0.4) is 0 Å². The first-order chi connectivity index (χ1) is 13.2. The quantitative estimate of drug-likeness (QED) is 0.238. The Labute approximate surface area is 163 Å². The fraction of sp³-hybridized carbons (Fsp3) is 0.458. The number of unbranched alkanes of at least 4 members (excludes halogenated alkanes) is 7. The molecule has 27 heavy (non-hydrogen) atoms. The Kier molecular flexibility index (Phi) is 9.47. The van der Waals surface area contributed by atoms with Gasteiger partial charge in [-0.1, -0.05) is 88.3 Å². The molecule has 0 aromatic heterocycles. The molecule has 0 bridgehead atoms. The second-order valence-corrected chi connectivity index (χ2v) is 7.05. The van der Waals surface area contributed by atoms with Gasteiger partial charge in [0.1, 0.15) is 11.5 Å². The van der Waals surface area contributed by atoms with Crippen molar-refractivity contribution in [3.63, 3.8) is 0 Å². The summed E-state index contributed by atoms with van der Waals surface area (Å²) in [5, 5.41) is 0. The van der Waals surface area contributed by atoms with Crippen LogP contribution in [0.4, 0.5) is 4.79 Å². The van der Waals surface area contributed by atoms with Gasteiger partial charge in [0, 0.05) is 0 Å². The number of rotatable bonds is 11. The van der Waals surface area contributed by atoms with E-state index in [1.807, 2.05) is 49.4 Å². The number of hydrogen-bond donors (Lipinski definition) is 0. The maximum atomic E-state index is 12.1. The maximum Gasteiger partial charge on any atom is 0.519 e. The molecule has 0 amide bonds. The summed E-state index contributed by atoms with van der Waals surface area (Å²) < 4.78 is 10.8. The Bertz CT molecular complexity index is 694. The largest absolute Gasteiger partial charge is 0.519 e. The van der Waals surface area contributed by atoms with Crippen molar-refractivity contribution in [2.75, 3.05) is 0 Å².